The van der Waals surface area contributed by atoms with Crippen LogP contribution in [0.1, 0.15) is 61.2 Å². The number of amides is 1. The summed E-state index contributed by atoms with van der Waals surface area (Å²) in [6.07, 6.45) is 3.62. The smallest absolute Gasteiger partial charge is 0.263 e. The molecular weight excluding hydrogens is 282 g/mol. The van der Waals surface area contributed by atoms with Crippen LogP contribution in [0.4, 0.5) is 10.7 Å². The van der Waals surface area contributed by atoms with E-state index in [2.05, 4.69) is 24.1 Å². The Kier molecular flexibility index (Phi) is 3.64. The number of hydrogen-bond donors (Lipinski definition) is 2. The van der Waals surface area contributed by atoms with Gasteiger partial charge in [0.2, 0.25) is 0 Å². The van der Waals surface area contributed by atoms with Crippen molar-refractivity contribution in [2.24, 2.45) is 5.41 Å². The fourth-order valence-electron chi connectivity index (χ4n) is 3.14. The van der Waals surface area contributed by atoms with E-state index in [1.807, 2.05) is 6.92 Å². The lowest BCUT2D eigenvalue weighted by atomic mass is 9.93. The predicted molar refractivity (Wildman–Crippen MR) is 89.3 cm³/mol. The minimum Gasteiger partial charge on any atom is -0.397 e. The maximum atomic E-state index is 12.2. The van der Waals surface area contributed by atoms with E-state index in [9.17, 15) is 4.79 Å². The third-order valence-electron chi connectivity index (χ3n) is 4.46. The Morgan fingerprint density at radius 2 is 2.19 bits per heavy atom. The number of rotatable bonds is 4. The molecule has 0 radical (unpaired) electrons. The SMILES string of the molecule is CCNC(=O)c1sc(N2CCC(C)(C)C2)c(C2CC2)c1N. The van der Waals surface area contributed by atoms with Gasteiger partial charge in [0.15, 0.2) is 0 Å². The first-order valence-electron chi connectivity index (χ1n) is 7.88. The number of nitrogen functional groups attached to an aromatic ring is 1. The molecule has 5 heteroatoms. The van der Waals surface area contributed by atoms with Gasteiger partial charge in [0.05, 0.1) is 10.7 Å². The number of nitrogens with zero attached hydrogens (tertiary/aromatic N) is 1. The quantitative estimate of drug-likeness (QED) is 0.898. The van der Waals surface area contributed by atoms with Crippen LogP contribution >= 0.6 is 11.3 Å². The van der Waals surface area contributed by atoms with Gasteiger partial charge in [-0.25, -0.2) is 0 Å². The summed E-state index contributed by atoms with van der Waals surface area (Å²) in [5, 5.41) is 4.13. The van der Waals surface area contributed by atoms with Crippen molar-refractivity contribution in [3.63, 3.8) is 0 Å². The third kappa shape index (κ3) is 2.76. The van der Waals surface area contributed by atoms with Crippen LogP contribution in [0.25, 0.3) is 0 Å². The molecule has 1 aromatic rings. The van der Waals surface area contributed by atoms with Crippen molar-refractivity contribution < 1.29 is 4.79 Å². The van der Waals surface area contributed by atoms with Crippen LogP contribution in [0, 0.1) is 5.41 Å². The zero-order valence-corrected chi connectivity index (χ0v) is 14.0. The second-order valence-corrected chi connectivity index (χ2v) is 8.03. The molecule has 3 N–H and O–H groups in total. The lowest BCUT2D eigenvalue weighted by Crippen LogP contribution is -2.22. The van der Waals surface area contributed by atoms with E-state index < -0.39 is 0 Å². The van der Waals surface area contributed by atoms with E-state index >= 15 is 0 Å². The molecule has 2 fully saturated rings. The van der Waals surface area contributed by atoms with Crippen LogP contribution < -0.4 is 16.0 Å². The first kappa shape index (κ1) is 14.7. The van der Waals surface area contributed by atoms with Gasteiger partial charge in [-0.05, 0) is 37.5 Å². The van der Waals surface area contributed by atoms with Crippen molar-refractivity contribution in [1.82, 2.24) is 5.32 Å². The second kappa shape index (κ2) is 5.20. The lowest BCUT2D eigenvalue weighted by molar-refractivity contribution is 0.0960. The van der Waals surface area contributed by atoms with Crippen molar-refractivity contribution in [1.29, 1.82) is 0 Å². The van der Waals surface area contributed by atoms with Gasteiger partial charge in [-0.15, -0.1) is 11.3 Å². The highest BCUT2D eigenvalue weighted by molar-refractivity contribution is 7.18. The molecule has 116 valence electrons. The molecule has 0 spiro atoms. The van der Waals surface area contributed by atoms with Gasteiger partial charge in [-0.2, -0.15) is 0 Å². The van der Waals surface area contributed by atoms with Gasteiger partial charge in [0.1, 0.15) is 4.88 Å². The number of nitrogens with one attached hydrogen (secondary N) is 1. The molecule has 1 saturated heterocycles. The summed E-state index contributed by atoms with van der Waals surface area (Å²) in [4.78, 5) is 15.4. The molecule has 1 aliphatic heterocycles. The molecule has 1 aliphatic carbocycles. The minimum atomic E-state index is -0.0217. The van der Waals surface area contributed by atoms with Crippen LogP contribution in [-0.4, -0.2) is 25.5 Å². The number of carbonyl (C=O) groups is 1. The van der Waals surface area contributed by atoms with Crippen molar-refractivity contribution in [2.45, 2.75) is 46.0 Å². The summed E-state index contributed by atoms with van der Waals surface area (Å²) in [6.45, 7) is 9.33. The molecule has 0 bridgehead atoms. The Labute approximate surface area is 130 Å². The van der Waals surface area contributed by atoms with E-state index in [-0.39, 0.29) is 5.91 Å². The highest BCUT2D eigenvalue weighted by Crippen LogP contribution is 2.53. The largest absolute Gasteiger partial charge is 0.397 e. The average Bonchev–Trinajstić information content (AvgIpc) is 3.09. The van der Waals surface area contributed by atoms with Crippen LogP contribution in [0.3, 0.4) is 0 Å². The van der Waals surface area contributed by atoms with Crippen molar-refractivity contribution in [3.05, 3.63) is 10.4 Å². The summed E-state index contributed by atoms with van der Waals surface area (Å²) < 4.78 is 0. The summed E-state index contributed by atoms with van der Waals surface area (Å²) in [6, 6.07) is 0. The Morgan fingerprint density at radius 1 is 1.48 bits per heavy atom. The van der Waals surface area contributed by atoms with Crippen LogP contribution in [0.15, 0.2) is 0 Å². The molecule has 21 heavy (non-hydrogen) atoms. The lowest BCUT2D eigenvalue weighted by Gasteiger charge is -2.21. The molecule has 0 atom stereocenters. The van der Waals surface area contributed by atoms with Gasteiger partial charge < -0.3 is 16.0 Å². The van der Waals surface area contributed by atoms with E-state index in [1.165, 1.54) is 29.8 Å². The van der Waals surface area contributed by atoms with Crippen molar-refractivity contribution in [3.8, 4) is 0 Å². The molecule has 1 amide bonds. The molecule has 4 nitrogen and oxygen atoms in total. The van der Waals surface area contributed by atoms with Gasteiger partial charge in [0.25, 0.3) is 5.91 Å². The molecule has 0 aromatic carbocycles. The molecule has 1 aromatic heterocycles. The molecule has 0 unspecified atom stereocenters. The zero-order valence-electron chi connectivity index (χ0n) is 13.2. The summed E-state index contributed by atoms with van der Waals surface area (Å²) >= 11 is 1.59. The molecule has 2 heterocycles. The minimum absolute atomic E-state index is 0.0217. The first-order valence-corrected chi connectivity index (χ1v) is 8.70. The number of thiophene rings is 1. The monoisotopic (exact) mass is 307 g/mol. The van der Waals surface area contributed by atoms with Crippen molar-refractivity contribution >= 4 is 27.9 Å². The molecule has 3 rings (SSSR count). The Hall–Kier alpha value is -1.23. The van der Waals surface area contributed by atoms with Gasteiger partial charge in [0, 0.05) is 25.2 Å². The summed E-state index contributed by atoms with van der Waals surface area (Å²) in [5.41, 5.74) is 8.67. The molecule has 1 saturated carbocycles. The van der Waals surface area contributed by atoms with Gasteiger partial charge in [-0.1, -0.05) is 13.8 Å². The highest BCUT2D eigenvalue weighted by Gasteiger charge is 2.37. The van der Waals surface area contributed by atoms with E-state index in [1.54, 1.807) is 11.3 Å². The fraction of sp³-hybridized carbons (Fsp3) is 0.688. The Bertz CT molecular complexity index is 560. The fourth-order valence-corrected chi connectivity index (χ4v) is 4.39. The average molecular weight is 307 g/mol. The third-order valence-corrected chi connectivity index (χ3v) is 5.74. The van der Waals surface area contributed by atoms with E-state index in [4.69, 9.17) is 5.73 Å². The summed E-state index contributed by atoms with van der Waals surface area (Å²) in [5.74, 6) is 0.551. The normalized spacial score (nSPS) is 20.8. The topological polar surface area (TPSA) is 58.4 Å². The van der Waals surface area contributed by atoms with Crippen LogP contribution in [-0.2, 0) is 0 Å². The number of anilines is 2. The van der Waals surface area contributed by atoms with Crippen molar-refractivity contribution in [2.75, 3.05) is 30.3 Å². The van der Waals surface area contributed by atoms with E-state index in [0.717, 1.165) is 18.8 Å². The highest BCUT2D eigenvalue weighted by atomic mass is 32.1. The number of nitrogens with two attached hydrogens (primary N) is 1. The van der Waals surface area contributed by atoms with E-state index in [0.29, 0.717) is 22.8 Å². The molecular formula is C16H25N3OS. The Morgan fingerprint density at radius 3 is 2.71 bits per heavy atom. The van der Waals surface area contributed by atoms with Gasteiger partial charge in [-0.3, -0.25) is 4.79 Å². The first-order chi connectivity index (χ1) is 9.93. The maximum Gasteiger partial charge on any atom is 0.263 e. The Balaban J connectivity index is 1.96. The second-order valence-electron chi connectivity index (χ2n) is 7.03. The predicted octanol–water partition coefficient (Wildman–Crippen LogP) is 3.19. The standard InChI is InChI=1S/C16H25N3OS/c1-4-18-14(20)13-12(17)11(10-5-6-10)15(21-13)19-8-7-16(2,3)9-19/h10H,4-9,17H2,1-3H3,(H,18,20). The van der Waals surface area contributed by atoms with Crippen LogP contribution in [0.2, 0.25) is 0 Å². The van der Waals surface area contributed by atoms with Gasteiger partial charge >= 0.3 is 0 Å². The number of hydrogen-bond acceptors (Lipinski definition) is 4. The summed E-state index contributed by atoms with van der Waals surface area (Å²) in [7, 11) is 0. The number of carbonyl (C=O) groups excluding carboxylic acids is 1. The zero-order chi connectivity index (χ0) is 15.2. The van der Waals surface area contributed by atoms with Crippen LogP contribution in [0.5, 0.6) is 0 Å². The molecule has 2 aliphatic rings. The maximum absolute atomic E-state index is 12.2.